The molecule has 3 heteroatoms. The summed E-state index contributed by atoms with van der Waals surface area (Å²) in [6, 6.07) is 24.9. The molecule has 0 bridgehead atoms. The van der Waals surface area contributed by atoms with E-state index < -0.39 is 0 Å². The van der Waals surface area contributed by atoms with E-state index in [0.29, 0.717) is 12.5 Å². The van der Waals surface area contributed by atoms with Gasteiger partial charge in [0, 0.05) is 25.2 Å². The zero-order chi connectivity index (χ0) is 20.2. The fraction of sp³-hybridized carbons (Fsp3) is 0.269. The predicted octanol–water partition coefficient (Wildman–Crippen LogP) is 5.14. The minimum absolute atomic E-state index is 0.134. The number of nitrogens with two attached hydrogens (primary N) is 1. The number of hydrogen-bond donors (Lipinski definition) is 1. The quantitative estimate of drug-likeness (QED) is 0.677. The molecule has 1 aliphatic rings. The van der Waals surface area contributed by atoms with Gasteiger partial charge in [-0.05, 0) is 65.6 Å². The molecule has 1 fully saturated rings. The van der Waals surface area contributed by atoms with Crippen LogP contribution in [0, 0.1) is 6.92 Å². The van der Waals surface area contributed by atoms with E-state index in [1.807, 2.05) is 35.2 Å². The average molecular weight is 385 g/mol. The third-order valence-corrected chi connectivity index (χ3v) is 6.01. The van der Waals surface area contributed by atoms with Crippen LogP contribution >= 0.6 is 0 Å². The molecule has 1 saturated heterocycles. The van der Waals surface area contributed by atoms with Gasteiger partial charge in [0.05, 0.1) is 0 Å². The zero-order valence-electron chi connectivity index (χ0n) is 17.0. The average Bonchev–Trinajstić information content (AvgIpc) is 2.79. The topological polar surface area (TPSA) is 46.3 Å². The van der Waals surface area contributed by atoms with Crippen molar-refractivity contribution in [2.75, 3.05) is 13.1 Å². The Morgan fingerprint density at radius 2 is 1.72 bits per heavy atom. The summed E-state index contributed by atoms with van der Waals surface area (Å²) in [7, 11) is 0. The predicted molar refractivity (Wildman–Crippen MR) is 119 cm³/mol. The van der Waals surface area contributed by atoms with Crippen molar-refractivity contribution in [3.05, 3.63) is 95.1 Å². The first-order chi connectivity index (χ1) is 14.2. The first-order valence-corrected chi connectivity index (χ1v) is 10.4. The molecule has 0 atom stereocenters. The third-order valence-electron chi connectivity index (χ3n) is 6.01. The second kappa shape index (κ2) is 8.62. The standard InChI is InChI=1S/C26H28N2O/c1-19-6-2-3-11-25(19)23-9-5-10-24(17-23)26(29)28-14-12-21(13-15-28)22-8-4-7-20(16-22)18-27/h2-11,16-17,21H,12-15,18,27H2,1H3. The summed E-state index contributed by atoms with van der Waals surface area (Å²) in [5, 5.41) is 0. The highest BCUT2D eigenvalue weighted by Gasteiger charge is 2.25. The molecule has 148 valence electrons. The van der Waals surface area contributed by atoms with Gasteiger partial charge in [-0.15, -0.1) is 0 Å². The van der Waals surface area contributed by atoms with Gasteiger partial charge in [-0.1, -0.05) is 60.7 Å². The van der Waals surface area contributed by atoms with Gasteiger partial charge in [0.1, 0.15) is 0 Å². The summed E-state index contributed by atoms with van der Waals surface area (Å²) in [6.07, 6.45) is 1.99. The van der Waals surface area contributed by atoms with Crippen LogP contribution in [-0.2, 0) is 6.54 Å². The van der Waals surface area contributed by atoms with Crippen molar-refractivity contribution in [2.24, 2.45) is 5.73 Å². The molecule has 0 radical (unpaired) electrons. The summed E-state index contributed by atoms with van der Waals surface area (Å²) in [5.41, 5.74) is 12.6. The Morgan fingerprint density at radius 1 is 0.966 bits per heavy atom. The lowest BCUT2D eigenvalue weighted by molar-refractivity contribution is 0.0713. The second-order valence-electron chi connectivity index (χ2n) is 7.91. The number of carbonyl (C=O) groups excluding carboxylic acids is 1. The number of benzene rings is 3. The molecule has 2 N–H and O–H groups in total. The molecule has 3 nitrogen and oxygen atoms in total. The Balaban J connectivity index is 1.46. The van der Waals surface area contributed by atoms with E-state index in [0.717, 1.165) is 37.1 Å². The Bertz CT molecular complexity index is 1000. The molecule has 0 aromatic heterocycles. The minimum Gasteiger partial charge on any atom is -0.339 e. The number of hydrogen-bond acceptors (Lipinski definition) is 2. The maximum absolute atomic E-state index is 13.1. The van der Waals surface area contributed by atoms with Gasteiger partial charge in [-0.2, -0.15) is 0 Å². The number of amides is 1. The van der Waals surface area contributed by atoms with Crippen molar-refractivity contribution in [1.82, 2.24) is 4.90 Å². The molecule has 0 spiro atoms. The van der Waals surface area contributed by atoms with Crippen LogP contribution in [0.5, 0.6) is 0 Å². The van der Waals surface area contributed by atoms with Crippen molar-refractivity contribution in [2.45, 2.75) is 32.2 Å². The SMILES string of the molecule is Cc1ccccc1-c1cccc(C(=O)N2CCC(c3cccc(CN)c3)CC2)c1. The van der Waals surface area contributed by atoms with Gasteiger partial charge in [0.2, 0.25) is 0 Å². The Hall–Kier alpha value is -2.91. The monoisotopic (exact) mass is 384 g/mol. The van der Waals surface area contributed by atoms with Crippen LogP contribution < -0.4 is 5.73 Å². The molecule has 1 heterocycles. The highest BCUT2D eigenvalue weighted by Crippen LogP contribution is 2.30. The van der Waals surface area contributed by atoms with Gasteiger partial charge in [-0.3, -0.25) is 4.79 Å². The maximum Gasteiger partial charge on any atom is 0.253 e. The maximum atomic E-state index is 13.1. The van der Waals surface area contributed by atoms with Crippen LogP contribution in [-0.4, -0.2) is 23.9 Å². The van der Waals surface area contributed by atoms with Crippen molar-refractivity contribution in [1.29, 1.82) is 0 Å². The first kappa shape index (κ1) is 19.4. The molecule has 29 heavy (non-hydrogen) atoms. The van der Waals surface area contributed by atoms with Crippen LogP contribution in [0.1, 0.15) is 45.8 Å². The van der Waals surface area contributed by atoms with Gasteiger partial charge < -0.3 is 10.6 Å². The van der Waals surface area contributed by atoms with Crippen molar-refractivity contribution < 1.29 is 4.79 Å². The van der Waals surface area contributed by atoms with Crippen molar-refractivity contribution >= 4 is 5.91 Å². The fourth-order valence-corrected chi connectivity index (χ4v) is 4.29. The van der Waals surface area contributed by atoms with Gasteiger partial charge in [0.25, 0.3) is 5.91 Å². The van der Waals surface area contributed by atoms with E-state index in [2.05, 4.69) is 49.4 Å². The van der Waals surface area contributed by atoms with E-state index in [4.69, 9.17) is 5.73 Å². The number of aryl methyl sites for hydroxylation is 1. The first-order valence-electron chi connectivity index (χ1n) is 10.4. The molecule has 3 aromatic carbocycles. The van der Waals surface area contributed by atoms with E-state index in [-0.39, 0.29) is 5.91 Å². The molecular weight excluding hydrogens is 356 g/mol. The molecule has 0 unspecified atom stereocenters. The van der Waals surface area contributed by atoms with Crippen LogP contribution in [0.15, 0.2) is 72.8 Å². The summed E-state index contributed by atoms with van der Waals surface area (Å²) < 4.78 is 0. The van der Waals surface area contributed by atoms with Crippen molar-refractivity contribution in [3.63, 3.8) is 0 Å². The number of rotatable bonds is 4. The lowest BCUT2D eigenvalue weighted by Gasteiger charge is -2.32. The molecule has 3 aromatic rings. The summed E-state index contributed by atoms with van der Waals surface area (Å²) >= 11 is 0. The lowest BCUT2D eigenvalue weighted by Crippen LogP contribution is -2.37. The van der Waals surface area contributed by atoms with Crippen LogP contribution in [0.25, 0.3) is 11.1 Å². The van der Waals surface area contributed by atoms with E-state index in [9.17, 15) is 4.79 Å². The number of nitrogens with zero attached hydrogens (tertiary/aromatic N) is 1. The molecule has 1 amide bonds. The summed E-state index contributed by atoms with van der Waals surface area (Å²) in [4.78, 5) is 15.1. The van der Waals surface area contributed by atoms with Crippen LogP contribution in [0.2, 0.25) is 0 Å². The smallest absolute Gasteiger partial charge is 0.253 e. The van der Waals surface area contributed by atoms with Gasteiger partial charge in [0.15, 0.2) is 0 Å². The lowest BCUT2D eigenvalue weighted by atomic mass is 9.88. The van der Waals surface area contributed by atoms with E-state index in [1.165, 1.54) is 22.3 Å². The Morgan fingerprint density at radius 3 is 2.48 bits per heavy atom. The van der Waals surface area contributed by atoms with Crippen LogP contribution in [0.3, 0.4) is 0 Å². The van der Waals surface area contributed by atoms with E-state index >= 15 is 0 Å². The number of likely N-dealkylation sites (tertiary alicyclic amines) is 1. The van der Waals surface area contributed by atoms with Crippen molar-refractivity contribution in [3.8, 4) is 11.1 Å². The Labute approximate surface area is 173 Å². The number of carbonyl (C=O) groups is 1. The van der Waals surface area contributed by atoms with E-state index in [1.54, 1.807) is 0 Å². The molecule has 1 aliphatic heterocycles. The highest BCUT2D eigenvalue weighted by molar-refractivity contribution is 5.95. The minimum atomic E-state index is 0.134. The molecule has 0 saturated carbocycles. The summed E-state index contributed by atoms with van der Waals surface area (Å²) in [5.74, 6) is 0.637. The fourth-order valence-electron chi connectivity index (χ4n) is 4.29. The van der Waals surface area contributed by atoms with Gasteiger partial charge >= 0.3 is 0 Å². The van der Waals surface area contributed by atoms with Crippen LogP contribution in [0.4, 0.5) is 0 Å². The zero-order valence-corrected chi connectivity index (χ0v) is 17.0. The highest BCUT2D eigenvalue weighted by atomic mass is 16.2. The number of piperidine rings is 1. The Kier molecular flexibility index (Phi) is 5.77. The molecular formula is C26H28N2O. The molecule has 4 rings (SSSR count). The van der Waals surface area contributed by atoms with Gasteiger partial charge in [-0.25, -0.2) is 0 Å². The normalized spacial score (nSPS) is 14.8. The second-order valence-corrected chi connectivity index (χ2v) is 7.91. The summed E-state index contributed by atoms with van der Waals surface area (Å²) in [6.45, 7) is 4.27. The largest absolute Gasteiger partial charge is 0.339 e. The molecule has 0 aliphatic carbocycles. The third kappa shape index (κ3) is 4.25.